The number of nitrogens with zero attached hydrogens (tertiary/aromatic N) is 3. The number of amidine groups is 2. The summed E-state index contributed by atoms with van der Waals surface area (Å²) >= 11 is 10.8. The van der Waals surface area contributed by atoms with E-state index >= 15 is 0 Å². The van der Waals surface area contributed by atoms with Crippen LogP contribution < -0.4 is 0 Å². The highest BCUT2D eigenvalue weighted by Gasteiger charge is 1.99. The maximum absolute atomic E-state index is 9.20. The largest absolute Gasteiger partial charge is 0.506 e. The van der Waals surface area contributed by atoms with Gasteiger partial charge in [-0.2, -0.15) is 4.99 Å². The summed E-state index contributed by atoms with van der Waals surface area (Å²) in [5.41, 5.74) is 0.463. The first-order valence-corrected chi connectivity index (χ1v) is 6.38. The van der Waals surface area contributed by atoms with E-state index in [0.717, 1.165) is 0 Å². The Balaban J connectivity index is 2.80. The van der Waals surface area contributed by atoms with E-state index in [9.17, 15) is 5.11 Å². The van der Waals surface area contributed by atoms with Gasteiger partial charge in [0.2, 0.25) is 5.17 Å². The Morgan fingerprint density at radius 3 is 2.82 bits per heavy atom. The number of aromatic hydroxyl groups is 1. The topological polar surface area (TPSA) is 81.2 Å². The third-order valence-electron chi connectivity index (χ3n) is 1.58. The Hall–Kier alpha value is -1.05. The van der Waals surface area contributed by atoms with Crippen LogP contribution in [0.5, 0.6) is 5.75 Å². The molecule has 0 aliphatic carbocycles. The van der Waals surface area contributed by atoms with Crippen LogP contribution in [0.25, 0.3) is 0 Å². The highest BCUT2D eigenvalue weighted by atomic mass is 35.5. The monoisotopic (exact) mass is 288 g/mol. The molecule has 0 aromatic heterocycles. The smallest absolute Gasteiger partial charge is 0.208 e. The van der Waals surface area contributed by atoms with E-state index in [4.69, 9.17) is 17.0 Å². The number of rotatable bonds is 1. The molecule has 17 heavy (non-hydrogen) atoms. The third-order valence-corrected chi connectivity index (χ3v) is 2.55. The van der Waals surface area contributed by atoms with Gasteiger partial charge in [0, 0.05) is 0 Å². The number of hydrogen-bond acceptors (Lipinski definition) is 4. The predicted octanol–water partition coefficient (Wildman–Crippen LogP) is 3.71. The van der Waals surface area contributed by atoms with Gasteiger partial charge in [-0.25, -0.2) is 0 Å². The Labute approximate surface area is 113 Å². The van der Waals surface area contributed by atoms with Crippen molar-refractivity contribution in [1.29, 1.82) is 5.41 Å². The standard InChI is InChI=1S/C9H9ClN4OS2/c1-17-8(11)12-9(16)14-13-5-2-3-7(15)6(10)4-5/h2-4,15H,1H3,(H2,11,12,16)/b14-13+. The van der Waals surface area contributed by atoms with Gasteiger partial charge >= 0.3 is 0 Å². The molecule has 1 rings (SSSR count). The summed E-state index contributed by atoms with van der Waals surface area (Å²) in [6.45, 7) is 0. The second-order valence-electron chi connectivity index (χ2n) is 2.76. The molecule has 0 saturated carbocycles. The molecule has 0 saturated heterocycles. The highest BCUT2D eigenvalue weighted by molar-refractivity contribution is 8.13. The number of nitrogens with one attached hydrogen (secondary N) is 1. The van der Waals surface area contributed by atoms with E-state index in [1.807, 2.05) is 0 Å². The van der Waals surface area contributed by atoms with Gasteiger partial charge in [0.25, 0.3) is 0 Å². The molecule has 0 bridgehead atoms. The summed E-state index contributed by atoms with van der Waals surface area (Å²) in [4.78, 5) is 3.73. The van der Waals surface area contributed by atoms with Gasteiger partial charge < -0.3 is 5.11 Å². The van der Waals surface area contributed by atoms with Crippen molar-refractivity contribution in [1.82, 2.24) is 0 Å². The molecule has 0 heterocycles. The van der Waals surface area contributed by atoms with E-state index in [-0.39, 0.29) is 21.1 Å². The summed E-state index contributed by atoms with van der Waals surface area (Å²) in [6.07, 6.45) is 1.73. The van der Waals surface area contributed by atoms with E-state index < -0.39 is 0 Å². The average molecular weight is 289 g/mol. The van der Waals surface area contributed by atoms with E-state index in [2.05, 4.69) is 27.8 Å². The molecule has 1 aromatic carbocycles. The van der Waals surface area contributed by atoms with Crippen molar-refractivity contribution >= 4 is 52.0 Å². The molecule has 90 valence electrons. The Morgan fingerprint density at radius 1 is 1.53 bits per heavy atom. The lowest BCUT2D eigenvalue weighted by atomic mass is 10.3. The van der Waals surface area contributed by atoms with E-state index in [1.54, 1.807) is 12.3 Å². The van der Waals surface area contributed by atoms with Crippen LogP contribution in [0.15, 0.2) is 33.4 Å². The first-order valence-electron chi connectivity index (χ1n) is 4.33. The van der Waals surface area contributed by atoms with Gasteiger partial charge in [-0.15, -0.1) is 22.9 Å². The lowest BCUT2D eigenvalue weighted by Gasteiger charge is -1.96. The molecule has 0 fully saturated rings. The number of halogens is 1. The maximum Gasteiger partial charge on any atom is 0.208 e. The van der Waals surface area contributed by atoms with Gasteiger partial charge in [0.15, 0.2) is 5.17 Å². The summed E-state index contributed by atoms with van der Waals surface area (Å²) in [6, 6.07) is 4.42. The van der Waals surface area contributed by atoms with Crippen molar-refractivity contribution in [2.45, 2.75) is 0 Å². The van der Waals surface area contributed by atoms with Crippen molar-refractivity contribution < 1.29 is 5.11 Å². The Morgan fingerprint density at radius 2 is 2.24 bits per heavy atom. The SMILES string of the molecule is CSC(=N)/N=C(S)/N=N/c1ccc(O)c(Cl)c1. The second-order valence-corrected chi connectivity index (χ2v) is 4.36. The minimum absolute atomic E-state index is 0.0189. The lowest BCUT2D eigenvalue weighted by Crippen LogP contribution is -1.87. The maximum atomic E-state index is 9.20. The van der Waals surface area contributed by atoms with Crippen LogP contribution in [0.4, 0.5) is 5.69 Å². The van der Waals surface area contributed by atoms with E-state index in [0.29, 0.717) is 5.69 Å². The zero-order valence-electron chi connectivity index (χ0n) is 8.75. The summed E-state index contributed by atoms with van der Waals surface area (Å²) < 4.78 is 0. The number of azo groups is 1. The Bertz CT molecular complexity index is 490. The molecule has 0 aliphatic heterocycles. The minimum Gasteiger partial charge on any atom is -0.506 e. The van der Waals surface area contributed by atoms with Crippen LogP contribution in [0.2, 0.25) is 5.02 Å². The van der Waals surface area contributed by atoms with Crippen LogP contribution in [0.3, 0.4) is 0 Å². The Kier molecular flexibility index (Phi) is 5.46. The average Bonchev–Trinajstić information content (AvgIpc) is 2.30. The quantitative estimate of drug-likeness (QED) is 0.319. The number of thiol groups is 1. The molecule has 5 nitrogen and oxygen atoms in total. The molecule has 0 aliphatic rings. The fraction of sp³-hybridized carbons (Fsp3) is 0.111. The fourth-order valence-electron chi connectivity index (χ4n) is 0.819. The number of aliphatic imine (C=N–C) groups is 1. The van der Waals surface area contributed by atoms with Gasteiger partial charge in [-0.1, -0.05) is 23.4 Å². The number of phenols is 1. The molecule has 0 radical (unpaired) electrons. The molecular weight excluding hydrogens is 280 g/mol. The number of hydrogen-bond donors (Lipinski definition) is 3. The number of benzene rings is 1. The van der Waals surface area contributed by atoms with Crippen LogP contribution in [-0.2, 0) is 0 Å². The van der Waals surface area contributed by atoms with Crippen LogP contribution in [0, 0.1) is 5.41 Å². The third kappa shape index (κ3) is 4.76. The normalized spacial score (nSPS) is 12.1. The molecule has 1 aromatic rings. The zero-order chi connectivity index (χ0) is 12.8. The number of thioether (sulfide) groups is 1. The fourth-order valence-corrected chi connectivity index (χ4v) is 1.38. The van der Waals surface area contributed by atoms with Crippen molar-refractivity contribution in [2.24, 2.45) is 15.2 Å². The molecule has 0 atom stereocenters. The lowest BCUT2D eigenvalue weighted by molar-refractivity contribution is 0.475. The predicted molar refractivity (Wildman–Crippen MR) is 75.3 cm³/mol. The first kappa shape index (κ1) is 14.0. The molecule has 0 spiro atoms. The van der Waals surface area contributed by atoms with E-state index in [1.165, 1.54) is 23.9 Å². The van der Waals surface area contributed by atoms with Crippen LogP contribution in [-0.4, -0.2) is 21.7 Å². The van der Waals surface area contributed by atoms with Crippen LogP contribution in [0.1, 0.15) is 0 Å². The van der Waals surface area contributed by atoms with Crippen LogP contribution >= 0.6 is 36.0 Å². The molecule has 0 unspecified atom stereocenters. The number of phenolic OH excluding ortho intramolecular Hbond substituents is 1. The van der Waals surface area contributed by atoms with Gasteiger partial charge in [-0.05, 0) is 24.5 Å². The van der Waals surface area contributed by atoms with Gasteiger partial charge in [-0.3, -0.25) is 5.41 Å². The zero-order valence-corrected chi connectivity index (χ0v) is 11.2. The molecule has 2 N–H and O–H groups in total. The van der Waals surface area contributed by atoms with Crippen molar-refractivity contribution in [3.8, 4) is 5.75 Å². The highest BCUT2D eigenvalue weighted by Crippen LogP contribution is 2.27. The van der Waals surface area contributed by atoms with Crippen molar-refractivity contribution in [3.63, 3.8) is 0 Å². The summed E-state index contributed by atoms with van der Waals surface area (Å²) in [7, 11) is 0. The van der Waals surface area contributed by atoms with Gasteiger partial charge in [0.05, 0.1) is 10.7 Å². The summed E-state index contributed by atoms with van der Waals surface area (Å²) in [5.74, 6) is -0.0189. The van der Waals surface area contributed by atoms with Gasteiger partial charge in [0.1, 0.15) is 5.75 Å². The molecular formula is C9H9ClN4OS2. The minimum atomic E-state index is -0.0189. The second kappa shape index (κ2) is 6.63. The first-order chi connectivity index (χ1) is 8.02. The van der Waals surface area contributed by atoms with Crippen molar-refractivity contribution in [3.05, 3.63) is 23.2 Å². The summed E-state index contributed by atoms with van der Waals surface area (Å²) in [5, 5.41) is 24.4. The van der Waals surface area contributed by atoms with Crippen molar-refractivity contribution in [2.75, 3.05) is 6.26 Å². The molecule has 8 heteroatoms. The molecule has 0 amide bonds.